The van der Waals surface area contributed by atoms with Gasteiger partial charge in [0.15, 0.2) is 12.4 Å². The summed E-state index contributed by atoms with van der Waals surface area (Å²) in [6, 6.07) is 8.60. The van der Waals surface area contributed by atoms with E-state index in [1.807, 2.05) is 19.1 Å². The number of carbonyl (C=O) groups excluding carboxylic acids is 4. The van der Waals surface area contributed by atoms with E-state index < -0.39 is 18.4 Å². The van der Waals surface area contributed by atoms with E-state index >= 15 is 0 Å². The maximum absolute atomic E-state index is 12.3. The van der Waals surface area contributed by atoms with Crippen molar-refractivity contribution in [3.8, 4) is 0 Å². The summed E-state index contributed by atoms with van der Waals surface area (Å²) in [5.41, 5.74) is 2.23. The zero-order valence-electron chi connectivity index (χ0n) is 16.4. The number of Topliss-reactive ketones (excluding diaryl/α,β-unsaturated/α-hetero) is 2. The number of esters is 1. The van der Waals surface area contributed by atoms with Crippen LogP contribution in [-0.2, 0) is 9.53 Å². The monoisotopic (exact) mass is 396 g/mol. The fourth-order valence-corrected chi connectivity index (χ4v) is 3.17. The number of aromatic amines is 1. The van der Waals surface area contributed by atoms with Gasteiger partial charge in [-0.05, 0) is 25.8 Å². The molecule has 0 spiro atoms. The molecule has 0 bridgehead atoms. The van der Waals surface area contributed by atoms with Gasteiger partial charge in [0.2, 0.25) is 5.78 Å². The number of ketones is 2. The Balaban J connectivity index is 1.44. The summed E-state index contributed by atoms with van der Waals surface area (Å²) in [5.74, 6) is -1.29. The van der Waals surface area contributed by atoms with Crippen molar-refractivity contribution in [2.45, 2.75) is 32.6 Å². The highest BCUT2D eigenvalue weighted by atomic mass is 16.5. The Labute approximate surface area is 169 Å². The zero-order chi connectivity index (χ0) is 20.8. The Kier molecular flexibility index (Phi) is 6.59. The fraction of sp³-hybridized carbons (Fsp3) is 0.364. The molecular weight excluding hydrogens is 372 g/mol. The molecule has 1 aliphatic rings. The van der Waals surface area contributed by atoms with Crippen molar-refractivity contribution in [1.29, 1.82) is 0 Å². The lowest BCUT2D eigenvalue weighted by Gasteiger charge is -2.13. The molecule has 0 atom stereocenters. The Morgan fingerprint density at radius 1 is 0.966 bits per heavy atom. The van der Waals surface area contributed by atoms with Gasteiger partial charge in [0.1, 0.15) is 5.69 Å². The molecule has 1 aromatic heterocycles. The fourth-order valence-electron chi connectivity index (χ4n) is 3.17. The molecule has 1 N–H and O–H groups in total. The molecule has 1 fully saturated rings. The molecule has 2 heterocycles. The van der Waals surface area contributed by atoms with Crippen molar-refractivity contribution in [3.05, 3.63) is 58.9 Å². The normalized spacial score (nSPS) is 13.3. The average Bonchev–Trinajstić information content (AvgIpc) is 3.42. The number of ether oxygens (including phenoxy) is 1. The Bertz CT molecular complexity index is 908. The molecule has 1 aromatic carbocycles. The largest absolute Gasteiger partial charge is 0.457 e. The van der Waals surface area contributed by atoms with Crippen LogP contribution in [0.3, 0.4) is 0 Å². The maximum Gasteiger partial charge on any atom is 0.306 e. The molecule has 29 heavy (non-hydrogen) atoms. The number of carbonyl (C=O) groups is 4. The van der Waals surface area contributed by atoms with Gasteiger partial charge in [-0.25, -0.2) is 0 Å². The second-order valence-electron chi connectivity index (χ2n) is 7.17. The number of aromatic nitrogens is 1. The van der Waals surface area contributed by atoms with Crippen LogP contribution in [0.5, 0.6) is 0 Å². The van der Waals surface area contributed by atoms with Gasteiger partial charge in [-0.3, -0.25) is 19.2 Å². The predicted molar refractivity (Wildman–Crippen MR) is 106 cm³/mol. The third-order valence-electron chi connectivity index (χ3n) is 4.92. The highest BCUT2D eigenvalue weighted by Gasteiger charge is 2.22. The molecule has 1 aliphatic heterocycles. The zero-order valence-corrected chi connectivity index (χ0v) is 16.4. The van der Waals surface area contributed by atoms with Crippen LogP contribution < -0.4 is 0 Å². The number of amides is 1. The number of hydrogen-bond acceptors (Lipinski definition) is 5. The molecule has 7 heteroatoms. The number of aryl methyl sites for hydroxylation is 1. The summed E-state index contributed by atoms with van der Waals surface area (Å²) < 4.78 is 4.98. The van der Waals surface area contributed by atoms with Gasteiger partial charge >= 0.3 is 5.97 Å². The van der Waals surface area contributed by atoms with E-state index in [-0.39, 0.29) is 30.1 Å². The van der Waals surface area contributed by atoms with E-state index in [0.29, 0.717) is 11.3 Å². The van der Waals surface area contributed by atoms with Gasteiger partial charge < -0.3 is 14.6 Å². The minimum Gasteiger partial charge on any atom is -0.457 e. The molecule has 2 aromatic rings. The summed E-state index contributed by atoms with van der Waals surface area (Å²) in [7, 11) is 0. The summed E-state index contributed by atoms with van der Waals surface area (Å²) in [6.45, 7) is 2.95. The van der Waals surface area contributed by atoms with Gasteiger partial charge in [0.05, 0.1) is 6.42 Å². The minimum atomic E-state index is -0.609. The molecule has 3 rings (SSSR count). The van der Waals surface area contributed by atoms with Crippen molar-refractivity contribution in [1.82, 2.24) is 9.88 Å². The van der Waals surface area contributed by atoms with Gasteiger partial charge in [-0.2, -0.15) is 0 Å². The van der Waals surface area contributed by atoms with Gasteiger partial charge in [-0.15, -0.1) is 0 Å². The summed E-state index contributed by atoms with van der Waals surface area (Å²) >= 11 is 0. The van der Waals surface area contributed by atoms with Crippen molar-refractivity contribution >= 4 is 23.4 Å². The van der Waals surface area contributed by atoms with Crippen LogP contribution in [-0.4, -0.2) is 53.0 Å². The quantitative estimate of drug-likeness (QED) is 0.547. The van der Waals surface area contributed by atoms with Gasteiger partial charge in [0, 0.05) is 36.8 Å². The van der Waals surface area contributed by atoms with Gasteiger partial charge in [0.25, 0.3) is 5.91 Å². The predicted octanol–water partition coefficient (Wildman–Crippen LogP) is 2.95. The molecule has 1 saturated heterocycles. The third-order valence-corrected chi connectivity index (χ3v) is 4.92. The number of rotatable bonds is 8. The number of hydrogen-bond donors (Lipinski definition) is 1. The van der Waals surface area contributed by atoms with Crippen LogP contribution >= 0.6 is 0 Å². The maximum atomic E-state index is 12.3. The molecule has 0 saturated carbocycles. The molecule has 1 amide bonds. The van der Waals surface area contributed by atoms with E-state index in [4.69, 9.17) is 4.74 Å². The first kappa shape index (κ1) is 20.5. The Morgan fingerprint density at radius 3 is 2.34 bits per heavy atom. The summed E-state index contributed by atoms with van der Waals surface area (Å²) in [6.07, 6.45) is 3.35. The Hall–Kier alpha value is -3.22. The van der Waals surface area contributed by atoms with Crippen LogP contribution in [0, 0.1) is 6.92 Å². The Morgan fingerprint density at radius 2 is 1.66 bits per heavy atom. The molecule has 0 radical (unpaired) electrons. The van der Waals surface area contributed by atoms with E-state index in [2.05, 4.69) is 4.98 Å². The third kappa shape index (κ3) is 5.40. The molecule has 0 unspecified atom stereocenters. The van der Waals surface area contributed by atoms with Crippen LogP contribution in [0.1, 0.15) is 62.5 Å². The van der Waals surface area contributed by atoms with Crippen molar-refractivity contribution in [2.75, 3.05) is 19.7 Å². The van der Waals surface area contributed by atoms with E-state index in [9.17, 15) is 19.2 Å². The lowest BCUT2D eigenvalue weighted by molar-refractivity contribution is -0.142. The highest BCUT2D eigenvalue weighted by Crippen LogP contribution is 2.14. The number of likely N-dealkylation sites (tertiary alicyclic amines) is 1. The van der Waals surface area contributed by atoms with E-state index in [0.717, 1.165) is 31.5 Å². The van der Waals surface area contributed by atoms with Gasteiger partial charge in [-0.1, -0.05) is 29.8 Å². The standard InChI is InChI=1S/C22H24N2O5/c1-15-4-6-16(7-5-15)19(25)8-9-21(27)29-14-20(26)17-12-18(23-13-17)22(28)24-10-2-3-11-24/h4-7,12-13,23H,2-3,8-11,14H2,1H3. The van der Waals surface area contributed by atoms with Crippen molar-refractivity contribution in [3.63, 3.8) is 0 Å². The first-order chi connectivity index (χ1) is 13.9. The molecule has 0 aliphatic carbocycles. The van der Waals surface area contributed by atoms with Crippen molar-refractivity contribution < 1.29 is 23.9 Å². The SMILES string of the molecule is Cc1ccc(C(=O)CCC(=O)OCC(=O)c2c[nH]c(C(=O)N3CCCC3)c2)cc1. The van der Waals surface area contributed by atoms with Crippen LogP contribution in [0.4, 0.5) is 0 Å². The lowest BCUT2D eigenvalue weighted by atomic mass is 10.1. The second kappa shape index (κ2) is 9.32. The van der Waals surface area contributed by atoms with Crippen molar-refractivity contribution in [2.24, 2.45) is 0 Å². The lowest BCUT2D eigenvalue weighted by Crippen LogP contribution is -2.27. The van der Waals surface area contributed by atoms with E-state index in [1.165, 1.54) is 12.3 Å². The molecule has 7 nitrogen and oxygen atoms in total. The smallest absolute Gasteiger partial charge is 0.306 e. The number of H-pyrrole nitrogens is 1. The first-order valence-corrected chi connectivity index (χ1v) is 9.70. The number of nitrogens with one attached hydrogen (secondary N) is 1. The summed E-state index contributed by atoms with van der Waals surface area (Å²) in [5, 5.41) is 0. The van der Waals surface area contributed by atoms with Crippen LogP contribution in [0.15, 0.2) is 36.5 Å². The molecule has 152 valence electrons. The summed E-state index contributed by atoms with van der Waals surface area (Å²) in [4.78, 5) is 53.0. The minimum absolute atomic E-state index is 0.0225. The average molecular weight is 396 g/mol. The van der Waals surface area contributed by atoms with E-state index in [1.54, 1.807) is 17.0 Å². The topological polar surface area (TPSA) is 96.5 Å². The highest BCUT2D eigenvalue weighted by molar-refractivity contribution is 6.01. The van der Waals surface area contributed by atoms with Crippen LogP contribution in [0.2, 0.25) is 0 Å². The number of nitrogens with zero attached hydrogens (tertiary/aromatic N) is 1. The number of benzene rings is 1. The van der Waals surface area contributed by atoms with Crippen LogP contribution in [0.25, 0.3) is 0 Å². The first-order valence-electron chi connectivity index (χ1n) is 9.70. The second-order valence-corrected chi connectivity index (χ2v) is 7.17. The molecular formula is C22H24N2O5.